The summed E-state index contributed by atoms with van der Waals surface area (Å²) in [6, 6.07) is 1.85. The molecule has 0 aromatic carbocycles. The molecule has 2 fully saturated rings. The maximum absolute atomic E-state index is 11.8. The van der Waals surface area contributed by atoms with Crippen molar-refractivity contribution in [2.24, 2.45) is 5.92 Å². The zero-order chi connectivity index (χ0) is 12.0. The van der Waals surface area contributed by atoms with E-state index in [1.165, 1.54) is 12.8 Å². The highest BCUT2D eigenvalue weighted by Crippen LogP contribution is 2.46. The van der Waals surface area contributed by atoms with Gasteiger partial charge in [0.15, 0.2) is 5.69 Å². The van der Waals surface area contributed by atoms with Crippen LogP contribution in [0.5, 0.6) is 0 Å². The van der Waals surface area contributed by atoms with Crippen molar-refractivity contribution < 1.29 is 9.53 Å². The molecular weight excluding hydrogens is 216 g/mol. The molecule has 1 heterocycles. The van der Waals surface area contributed by atoms with Crippen molar-refractivity contribution in [2.75, 3.05) is 0 Å². The second kappa shape index (κ2) is 3.59. The molecule has 1 N–H and O–H groups in total. The first-order chi connectivity index (χ1) is 8.12. The Morgan fingerprint density at radius 1 is 1.65 bits per heavy atom. The van der Waals surface area contributed by atoms with Crippen LogP contribution in [0.2, 0.25) is 0 Å². The number of H-pyrrole nitrogens is 1. The number of rotatable bonds is 4. The van der Waals surface area contributed by atoms with Gasteiger partial charge in [-0.25, -0.2) is 4.79 Å². The molecule has 0 amide bonds. The number of esters is 1. The molecule has 2 aliphatic rings. The number of aromatic nitrogens is 2. The highest BCUT2D eigenvalue weighted by molar-refractivity contribution is 5.87. The summed E-state index contributed by atoms with van der Waals surface area (Å²) in [7, 11) is 0. The van der Waals surface area contributed by atoms with E-state index in [0.717, 1.165) is 18.5 Å². The lowest BCUT2D eigenvalue weighted by molar-refractivity contribution is 0.0443. The molecule has 0 aliphatic heterocycles. The maximum Gasteiger partial charge on any atom is 0.359 e. The molecule has 92 valence electrons. The Balaban J connectivity index is 1.64. The number of hydrogen-bond donors (Lipinski definition) is 1. The van der Waals surface area contributed by atoms with E-state index in [4.69, 9.17) is 4.74 Å². The van der Waals surface area contributed by atoms with Gasteiger partial charge in [-0.05, 0) is 37.7 Å². The van der Waals surface area contributed by atoms with Gasteiger partial charge in [0.25, 0.3) is 0 Å². The summed E-state index contributed by atoms with van der Waals surface area (Å²) in [6.45, 7) is 4.31. The third kappa shape index (κ3) is 1.96. The number of ether oxygens (including phenoxy) is 1. The molecule has 2 unspecified atom stereocenters. The molecular formula is C13H18N2O2. The van der Waals surface area contributed by atoms with Crippen molar-refractivity contribution in [2.45, 2.75) is 51.0 Å². The second-order valence-electron chi connectivity index (χ2n) is 5.58. The Morgan fingerprint density at radius 2 is 2.41 bits per heavy atom. The molecule has 0 spiro atoms. The van der Waals surface area contributed by atoms with Crippen LogP contribution in [0.25, 0.3) is 0 Å². The fraction of sp³-hybridized carbons (Fsp3) is 0.692. The molecule has 0 radical (unpaired) electrons. The van der Waals surface area contributed by atoms with Crippen LogP contribution in [-0.4, -0.2) is 22.3 Å². The van der Waals surface area contributed by atoms with E-state index in [1.54, 1.807) is 0 Å². The van der Waals surface area contributed by atoms with Crippen molar-refractivity contribution in [1.29, 1.82) is 0 Å². The third-order valence-corrected chi connectivity index (χ3v) is 4.08. The number of nitrogens with zero attached hydrogens (tertiary/aromatic N) is 1. The van der Waals surface area contributed by atoms with Gasteiger partial charge < -0.3 is 4.74 Å². The van der Waals surface area contributed by atoms with E-state index >= 15 is 0 Å². The summed E-state index contributed by atoms with van der Waals surface area (Å²) in [5, 5.41) is 7.01. The van der Waals surface area contributed by atoms with Crippen LogP contribution in [0.4, 0.5) is 0 Å². The Bertz CT molecular complexity index is 448. The van der Waals surface area contributed by atoms with Gasteiger partial charge in [0.1, 0.15) is 6.10 Å². The van der Waals surface area contributed by atoms with E-state index in [0.29, 0.717) is 11.6 Å². The minimum Gasteiger partial charge on any atom is -0.457 e. The van der Waals surface area contributed by atoms with Gasteiger partial charge in [0.05, 0.1) is 0 Å². The lowest BCUT2D eigenvalue weighted by Gasteiger charge is -2.02. The second-order valence-corrected chi connectivity index (χ2v) is 5.58. The predicted octanol–water partition coefficient (Wildman–Crippen LogP) is 2.42. The van der Waals surface area contributed by atoms with E-state index in [9.17, 15) is 4.79 Å². The minimum absolute atomic E-state index is 0.129. The molecule has 1 aromatic heterocycles. The summed E-state index contributed by atoms with van der Waals surface area (Å²) < 4.78 is 5.38. The van der Waals surface area contributed by atoms with Gasteiger partial charge in [-0.1, -0.05) is 13.8 Å². The van der Waals surface area contributed by atoms with Gasteiger partial charge >= 0.3 is 5.97 Å². The molecule has 17 heavy (non-hydrogen) atoms. The molecule has 2 atom stereocenters. The van der Waals surface area contributed by atoms with Crippen molar-refractivity contribution >= 4 is 5.97 Å². The van der Waals surface area contributed by atoms with E-state index in [-0.39, 0.29) is 17.5 Å². The number of aromatic amines is 1. The first-order valence-electron chi connectivity index (χ1n) is 6.39. The number of nitrogens with one attached hydrogen (secondary N) is 1. The summed E-state index contributed by atoms with van der Waals surface area (Å²) >= 11 is 0. The summed E-state index contributed by atoms with van der Waals surface area (Å²) in [5.41, 5.74) is 1.71. The molecule has 2 aliphatic carbocycles. The Labute approximate surface area is 101 Å². The van der Waals surface area contributed by atoms with Crippen LogP contribution in [0, 0.1) is 5.92 Å². The first kappa shape index (κ1) is 10.8. The molecule has 3 rings (SSSR count). The SMILES string of the molecule is CCC1CC1OC(=O)c1cc(C2(C)CC2)[nH]n1. The van der Waals surface area contributed by atoms with Crippen LogP contribution >= 0.6 is 0 Å². The molecule has 4 heteroatoms. The Kier molecular flexibility index (Phi) is 2.28. The van der Waals surface area contributed by atoms with Crippen molar-refractivity contribution in [3.63, 3.8) is 0 Å². The van der Waals surface area contributed by atoms with Gasteiger partial charge in [-0.2, -0.15) is 5.10 Å². The summed E-state index contributed by atoms with van der Waals surface area (Å²) in [4.78, 5) is 11.8. The standard InChI is InChI=1S/C13H18N2O2/c1-3-8-6-10(8)17-12(16)9-7-11(15-14-9)13(2)4-5-13/h7-8,10H,3-6H2,1-2H3,(H,14,15). The van der Waals surface area contributed by atoms with Gasteiger partial charge in [0.2, 0.25) is 0 Å². The van der Waals surface area contributed by atoms with Crippen LogP contribution in [0.15, 0.2) is 6.07 Å². The monoisotopic (exact) mass is 234 g/mol. The lowest BCUT2D eigenvalue weighted by atomic mass is 10.1. The molecule has 0 bridgehead atoms. The smallest absolute Gasteiger partial charge is 0.359 e. The van der Waals surface area contributed by atoms with Crippen LogP contribution < -0.4 is 0 Å². The fourth-order valence-corrected chi connectivity index (χ4v) is 2.18. The van der Waals surface area contributed by atoms with E-state index < -0.39 is 0 Å². The Hall–Kier alpha value is -1.32. The molecule has 4 nitrogen and oxygen atoms in total. The highest BCUT2D eigenvalue weighted by atomic mass is 16.5. The number of carbonyl (C=O) groups is 1. The maximum atomic E-state index is 11.8. The van der Waals surface area contributed by atoms with Crippen molar-refractivity contribution in [1.82, 2.24) is 10.2 Å². The summed E-state index contributed by atoms with van der Waals surface area (Å²) in [6.07, 6.45) is 4.57. The molecule has 0 saturated heterocycles. The highest BCUT2D eigenvalue weighted by Gasteiger charge is 2.42. The van der Waals surface area contributed by atoms with E-state index in [2.05, 4.69) is 24.0 Å². The topological polar surface area (TPSA) is 55.0 Å². The van der Waals surface area contributed by atoms with Crippen LogP contribution in [0.3, 0.4) is 0 Å². The van der Waals surface area contributed by atoms with Crippen molar-refractivity contribution in [3.8, 4) is 0 Å². The average molecular weight is 234 g/mol. The van der Waals surface area contributed by atoms with Gasteiger partial charge in [-0.15, -0.1) is 0 Å². The fourth-order valence-electron chi connectivity index (χ4n) is 2.18. The van der Waals surface area contributed by atoms with E-state index in [1.807, 2.05) is 6.07 Å². The third-order valence-electron chi connectivity index (χ3n) is 4.08. The zero-order valence-corrected chi connectivity index (χ0v) is 10.3. The van der Waals surface area contributed by atoms with Crippen LogP contribution in [-0.2, 0) is 10.2 Å². The van der Waals surface area contributed by atoms with Crippen LogP contribution in [0.1, 0.15) is 55.7 Å². The largest absolute Gasteiger partial charge is 0.457 e. The lowest BCUT2D eigenvalue weighted by Crippen LogP contribution is -2.08. The minimum atomic E-state index is -0.280. The number of hydrogen-bond acceptors (Lipinski definition) is 3. The Morgan fingerprint density at radius 3 is 3.00 bits per heavy atom. The normalized spacial score (nSPS) is 28.8. The van der Waals surface area contributed by atoms with Crippen molar-refractivity contribution in [3.05, 3.63) is 17.5 Å². The average Bonchev–Trinajstić information content (AvgIpc) is 3.18. The zero-order valence-electron chi connectivity index (χ0n) is 10.3. The summed E-state index contributed by atoms with van der Waals surface area (Å²) in [5.74, 6) is 0.288. The molecule has 2 saturated carbocycles. The quantitative estimate of drug-likeness (QED) is 0.814. The van der Waals surface area contributed by atoms with Gasteiger partial charge in [-0.3, -0.25) is 5.10 Å². The first-order valence-corrected chi connectivity index (χ1v) is 6.39. The number of carbonyl (C=O) groups excluding carboxylic acids is 1. The predicted molar refractivity (Wildman–Crippen MR) is 62.8 cm³/mol. The molecule has 1 aromatic rings. The van der Waals surface area contributed by atoms with Gasteiger partial charge in [0, 0.05) is 11.1 Å².